The van der Waals surface area contributed by atoms with Gasteiger partial charge in [0.25, 0.3) is 0 Å². The Morgan fingerprint density at radius 1 is 1.05 bits per heavy atom. The monoisotopic (exact) mass is 311 g/mol. The van der Waals surface area contributed by atoms with E-state index in [1.807, 2.05) is 0 Å². The molecule has 0 saturated heterocycles. The highest BCUT2D eigenvalue weighted by Crippen LogP contribution is 2.21. The molecule has 112 valence electrons. The summed E-state index contributed by atoms with van der Waals surface area (Å²) < 4.78 is 52.9. The first kappa shape index (κ1) is 15.6. The molecule has 2 rings (SSSR count). The minimum Gasteiger partial charge on any atom is -0.207 e. The maximum Gasteiger partial charge on any atom is 0.246 e. The van der Waals surface area contributed by atoms with Crippen LogP contribution in [0.3, 0.4) is 0 Å². The van der Waals surface area contributed by atoms with E-state index in [0.717, 1.165) is 10.4 Å². The summed E-state index contributed by atoms with van der Waals surface area (Å²) in [5.74, 6) is -1.23. The van der Waals surface area contributed by atoms with Gasteiger partial charge in [0.05, 0.1) is 0 Å². The van der Waals surface area contributed by atoms with Gasteiger partial charge in [0.15, 0.2) is 0 Å². The summed E-state index contributed by atoms with van der Waals surface area (Å²) in [5.41, 5.74) is 0.511. The van der Waals surface area contributed by atoms with E-state index in [-0.39, 0.29) is 18.0 Å². The van der Waals surface area contributed by atoms with E-state index in [2.05, 4.69) is 0 Å². The highest BCUT2D eigenvalue weighted by Gasteiger charge is 2.26. The lowest BCUT2D eigenvalue weighted by molar-refractivity contribution is 0.418. The highest BCUT2D eigenvalue weighted by atomic mass is 32.2. The molecular weight excluding hydrogens is 296 g/mol. The zero-order valence-corrected chi connectivity index (χ0v) is 12.3. The fraction of sp³-hybridized carbons (Fsp3) is 0.200. The number of sulfonamides is 1. The van der Waals surface area contributed by atoms with Crippen molar-refractivity contribution in [3.63, 3.8) is 0 Å². The lowest BCUT2D eigenvalue weighted by atomic mass is 10.2. The van der Waals surface area contributed by atoms with Gasteiger partial charge in [0.1, 0.15) is 16.5 Å². The van der Waals surface area contributed by atoms with E-state index in [4.69, 9.17) is 0 Å². The van der Waals surface area contributed by atoms with Crippen molar-refractivity contribution >= 4 is 10.0 Å². The smallest absolute Gasteiger partial charge is 0.207 e. The van der Waals surface area contributed by atoms with Crippen LogP contribution in [0.2, 0.25) is 0 Å². The van der Waals surface area contributed by atoms with Crippen LogP contribution in [-0.4, -0.2) is 19.3 Å². The largest absolute Gasteiger partial charge is 0.246 e. The molecule has 6 heteroatoms. The van der Waals surface area contributed by atoms with Crippen LogP contribution in [0.25, 0.3) is 0 Å². The third kappa shape index (κ3) is 3.46. The van der Waals surface area contributed by atoms with Gasteiger partial charge in [-0.15, -0.1) is 0 Å². The van der Waals surface area contributed by atoms with Crippen LogP contribution in [0.15, 0.2) is 53.4 Å². The molecule has 0 N–H and O–H groups in total. The molecule has 0 amide bonds. The predicted octanol–water partition coefficient (Wildman–Crippen LogP) is 3.18. The average Bonchev–Trinajstić information content (AvgIpc) is 2.45. The SMILES string of the molecule is CCN(Cc1cccc(F)c1)S(=O)(=O)c1ccccc1F. The first-order valence-electron chi connectivity index (χ1n) is 6.44. The lowest BCUT2D eigenvalue weighted by Gasteiger charge is -2.21. The van der Waals surface area contributed by atoms with Crippen LogP contribution < -0.4 is 0 Å². The Balaban J connectivity index is 2.35. The molecule has 0 aromatic heterocycles. The van der Waals surface area contributed by atoms with E-state index in [1.165, 1.54) is 36.4 Å². The van der Waals surface area contributed by atoms with Crippen molar-refractivity contribution in [3.8, 4) is 0 Å². The van der Waals surface area contributed by atoms with Gasteiger partial charge in [0.2, 0.25) is 10.0 Å². The number of nitrogens with zero attached hydrogens (tertiary/aromatic N) is 1. The summed E-state index contributed by atoms with van der Waals surface area (Å²) in [6.07, 6.45) is 0. The van der Waals surface area contributed by atoms with Crippen molar-refractivity contribution < 1.29 is 17.2 Å². The number of hydrogen-bond donors (Lipinski definition) is 0. The van der Waals surface area contributed by atoms with Crippen LogP contribution in [0, 0.1) is 11.6 Å². The minimum absolute atomic E-state index is 0.00900. The van der Waals surface area contributed by atoms with Crippen LogP contribution in [0.4, 0.5) is 8.78 Å². The van der Waals surface area contributed by atoms with Crippen molar-refractivity contribution in [2.45, 2.75) is 18.4 Å². The first-order valence-corrected chi connectivity index (χ1v) is 7.88. The standard InChI is InChI=1S/C15H15F2NO2S/c1-2-18(11-12-6-5-7-13(16)10-12)21(19,20)15-9-4-3-8-14(15)17/h3-10H,2,11H2,1H3. The molecule has 2 aromatic carbocycles. The predicted molar refractivity (Wildman–Crippen MR) is 76.1 cm³/mol. The van der Waals surface area contributed by atoms with E-state index in [9.17, 15) is 17.2 Å². The minimum atomic E-state index is -3.96. The van der Waals surface area contributed by atoms with Crippen molar-refractivity contribution in [1.29, 1.82) is 0 Å². The molecule has 0 aliphatic carbocycles. The zero-order valence-electron chi connectivity index (χ0n) is 11.5. The molecule has 0 radical (unpaired) electrons. The van der Waals surface area contributed by atoms with Gasteiger partial charge in [-0.05, 0) is 29.8 Å². The summed E-state index contributed by atoms with van der Waals surface area (Å²) in [5, 5.41) is 0. The summed E-state index contributed by atoms with van der Waals surface area (Å²) in [6, 6.07) is 10.9. The first-order chi connectivity index (χ1) is 9.95. The molecule has 0 heterocycles. The van der Waals surface area contributed by atoms with Crippen molar-refractivity contribution in [2.24, 2.45) is 0 Å². The van der Waals surface area contributed by atoms with Crippen molar-refractivity contribution in [2.75, 3.05) is 6.54 Å². The van der Waals surface area contributed by atoms with E-state index in [1.54, 1.807) is 13.0 Å². The molecule has 0 unspecified atom stereocenters. The maximum atomic E-state index is 13.7. The number of halogens is 2. The van der Waals surface area contributed by atoms with Crippen LogP contribution >= 0.6 is 0 Å². The zero-order chi connectivity index (χ0) is 15.5. The van der Waals surface area contributed by atoms with E-state index < -0.39 is 21.7 Å². The average molecular weight is 311 g/mol. The molecule has 21 heavy (non-hydrogen) atoms. The molecule has 0 spiro atoms. The Labute approximate surface area is 122 Å². The fourth-order valence-electron chi connectivity index (χ4n) is 2.00. The Morgan fingerprint density at radius 3 is 2.38 bits per heavy atom. The van der Waals surface area contributed by atoms with Gasteiger partial charge in [0, 0.05) is 13.1 Å². The van der Waals surface area contributed by atoms with E-state index >= 15 is 0 Å². The molecule has 0 fully saturated rings. The molecule has 0 aliphatic heterocycles. The highest BCUT2D eigenvalue weighted by molar-refractivity contribution is 7.89. The Kier molecular flexibility index (Phi) is 4.69. The van der Waals surface area contributed by atoms with Crippen molar-refractivity contribution in [3.05, 3.63) is 65.7 Å². The Morgan fingerprint density at radius 2 is 1.76 bits per heavy atom. The fourth-order valence-corrected chi connectivity index (χ4v) is 3.50. The van der Waals surface area contributed by atoms with Crippen molar-refractivity contribution in [1.82, 2.24) is 4.31 Å². The Hall–Kier alpha value is -1.79. The summed E-state index contributed by atoms with van der Waals surface area (Å²) in [6.45, 7) is 1.80. The third-order valence-electron chi connectivity index (χ3n) is 3.06. The number of benzene rings is 2. The van der Waals surface area contributed by atoms with Gasteiger partial charge in [-0.2, -0.15) is 4.31 Å². The summed E-state index contributed by atoms with van der Waals surface area (Å²) in [7, 11) is -3.96. The van der Waals surface area contributed by atoms with E-state index in [0.29, 0.717) is 5.56 Å². The number of hydrogen-bond acceptors (Lipinski definition) is 2. The topological polar surface area (TPSA) is 37.4 Å². The third-order valence-corrected chi connectivity index (χ3v) is 5.01. The molecule has 3 nitrogen and oxygen atoms in total. The van der Waals surface area contributed by atoms with Crippen LogP contribution in [0.1, 0.15) is 12.5 Å². The molecular formula is C15H15F2NO2S. The summed E-state index contributed by atoms with van der Waals surface area (Å²) >= 11 is 0. The van der Waals surface area contributed by atoms with Crippen LogP contribution in [0.5, 0.6) is 0 Å². The summed E-state index contributed by atoms with van der Waals surface area (Å²) in [4.78, 5) is -0.372. The molecule has 2 aromatic rings. The van der Waals surface area contributed by atoms with Gasteiger partial charge >= 0.3 is 0 Å². The Bertz CT molecular complexity index is 732. The second-order valence-electron chi connectivity index (χ2n) is 4.49. The van der Waals surface area contributed by atoms with Gasteiger partial charge < -0.3 is 0 Å². The molecule has 0 bridgehead atoms. The van der Waals surface area contributed by atoms with Gasteiger partial charge in [-0.3, -0.25) is 0 Å². The van der Waals surface area contributed by atoms with Crippen LogP contribution in [-0.2, 0) is 16.6 Å². The molecule has 0 saturated carbocycles. The normalized spacial score (nSPS) is 11.8. The second-order valence-corrected chi connectivity index (χ2v) is 6.40. The maximum absolute atomic E-state index is 13.7. The molecule has 0 aliphatic rings. The second kappa shape index (κ2) is 6.32. The lowest BCUT2D eigenvalue weighted by Crippen LogP contribution is -2.31. The molecule has 0 atom stereocenters. The van der Waals surface area contributed by atoms with Gasteiger partial charge in [-0.25, -0.2) is 17.2 Å². The quantitative estimate of drug-likeness (QED) is 0.850. The number of rotatable bonds is 5. The van der Waals surface area contributed by atoms with Gasteiger partial charge in [-0.1, -0.05) is 31.2 Å².